The molecule has 122 valence electrons. The highest BCUT2D eigenvalue weighted by Gasteiger charge is 2.26. The van der Waals surface area contributed by atoms with E-state index >= 15 is 0 Å². The number of aromatic nitrogens is 3. The van der Waals surface area contributed by atoms with Crippen LogP contribution in [0.15, 0.2) is 48.7 Å². The van der Waals surface area contributed by atoms with Gasteiger partial charge in [0.05, 0.1) is 23.3 Å². The normalized spacial score (nSPS) is 12.0. The standard InChI is InChI=1S/C22H20N3/c1-13-7-5-9-16-18(13)20-19(14(2)11-12-23-20)22-24(4)17-10-6-8-15(3)21(17)25(16)22/h5-12H,1-4H3/q+1. The Labute approximate surface area is 146 Å². The maximum absolute atomic E-state index is 4.79. The highest BCUT2D eigenvalue weighted by molar-refractivity contribution is 6.13. The molecule has 3 aromatic heterocycles. The lowest BCUT2D eigenvalue weighted by atomic mass is 10.0. The minimum absolute atomic E-state index is 1.09. The Hall–Kier alpha value is -2.94. The molecule has 0 aliphatic carbocycles. The number of rotatable bonds is 0. The predicted molar refractivity (Wildman–Crippen MR) is 103 cm³/mol. The summed E-state index contributed by atoms with van der Waals surface area (Å²) in [5.41, 5.74) is 9.87. The van der Waals surface area contributed by atoms with Gasteiger partial charge in [0.2, 0.25) is 0 Å². The third-order valence-corrected chi connectivity index (χ3v) is 5.44. The Morgan fingerprint density at radius 3 is 2.40 bits per heavy atom. The molecule has 0 unspecified atom stereocenters. The van der Waals surface area contributed by atoms with Gasteiger partial charge >= 0.3 is 0 Å². The molecule has 3 heterocycles. The first-order chi connectivity index (χ1) is 12.1. The van der Waals surface area contributed by atoms with Gasteiger partial charge in [-0.2, -0.15) is 4.40 Å². The molecule has 0 aliphatic rings. The smallest absolute Gasteiger partial charge is 0.255 e. The summed E-state index contributed by atoms with van der Waals surface area (Å²) in [4.78, 5) is 4.79. The maximum atomic E-state index is 4.79. The van der Waals surface area contributed by atoms with E-state index in [4.69, 9.17) is 4.98 Å². The number of pyridine rings is 2. The molecule has 5 rings (SSSR count). The molecule has 0 spiro atoms. The van der Waals surface area contributed by atoms with E-state index in [-0.39, 0.29) is 0 Å². The summed E-state index contributed by atoms with van der Waals surface area (Å²) in [7, 11) is 2.16. The minimum Gasteiger partial charge on any atom is -0.255 e. The van der Waals surface area contributed by atoms with Crippen LogP contribution in [0.3, 0.4) is 0 Å². The van der Waals surface area contributed by atoms with Crippen LogP contribution in [0.25, 0.3) is 38.5 Å². The number of nitrogens with zero attached hydrogens (tertiary/aromatic N) is 3. The van der Waals surface area contributed by atoms with Gasteiger partial charge in [-0.25, -0.2) is 4.57 Å². The third kappa shape index (κ3) is 1.70. The van der Waals surface area contributed by atoms with Crippen molar-refractivity contribution < 1.29 is 4.57 Å². The molecular weight excluding hydrogens is 306 g/mol. The van der Waals surface area contributed by atoms with Gasteiger partial charge in [-0.3, -0.25) is 4.98 Å². The van der Waals surface area contributed by atoms with Crippen molar-refractivity contribution in [1.82, 2.24) is 9.38 Å². The summed E-state index contributed by atoms with van der Waals surface area (Å²) in [6.07, 6.45) is 1.92. The van der Waals surface area contributed by atoms with Crippen molar-refractivity contribution in [3.63, 3.8) is 0 Å². The highest BCUT2D eigenvalue weighted by Crippen LogP contribution is 2.34. The zero-order chi connectivity index (χ0) is 17.3. The van der Waals surface area contributed by atoms with Crippen LogP contribution in [0.5, 0.6) is 0 Å². The second-order valence-electron chi connectivity index (χ2n) is 6.98. The van der Waals surface area contributed by atoms with E-state index in [1.807, 2.05) is 6.20 Å². The molecule has 0 radical (unpaired) electrons. The molecule has 0 N–H and O–H groups in total. The zero-order valence-electron chi connectivity index (χ0n) is 15.0. The second kappa shape index (κ2) is 4.79. The van der Waals surface area contributed by atoms with E-state index in [9.17, 15) is 0 Å². The molecule has 0 saturated heterocycles. The van der Waals surface area contributed by atoms with Crippen molar-refractivity contribution in [3.8, 4) is 0 Å². The van der Waals surface area contributed by atoms with Gasteiger partial charge in [0.15, 0.2) is 11.0 Å². The number of hydrogen-bond acceptors (Lipinski definition) is 1. The lowest BCUT2D eigenvalue weighted by molar-refractivity contribution is -0.617. The number of imidazole rings is 1. The van der Waals surface area contributed by atoms with Gasteiger partial charge in [0.25, 0.3) is 5.65 Å². The van der Waals surface area contributed by atoms with Crippen molar-refractivity contribution in [2.75, 3.05) is 0 Å². The molecule has 0 atom stereocenters. The Bertz CT molecular complexity index is 1330. The van der Waals surface area contributed by atoms with Gasteiger partial charge in [-0.15, -0.1) is 0 Å². The molecular formula is C22H20N3+. The Morgan fingerprint density at radius 2 is 1.56 bits per heavy atom. The lowest BCUT2D eigenvalue weighted by Crippen LogP contribution is -2.27. The van der Waals surface area contributed by atoms with E-state index in [2.05, 4.69) is 79.3 Å². The predicted octanol–water partition coefficient (Wildman–Crippen LogP) is 4.54. The summed E-state index contributed by atoms with van der Waals surface area (Å²) in [6, 6.07) is 15.2. The third-order valence-electron chi connectivity index (χ3n) is 5.44. The van der Waals surface area contributed by atoms with Crippen molar-refractivity contribution in [2.24, 2.45) is 7.05 Å². The Kier molecular flexibility index (Phi) is 2.76. The van der Waals surface area contributed by atoms with Crippen LogP contribution in [-0.4, -0.2) is 9.38 Å². The summed E-state index contributed by atoms with van der Waals surface area (Å²) in [5, 5.41) is 2.48. The van der Waals surface area contributed by atoms with E-state index in [1.54, 1.807) is 0 Å². The SMILES string of the molecule is Cc1cccc2c1c1nccc(C)c1c1n2c2c(C)cccc2[n+]1C. The fourth-order valence-electron chi connectivity index (χ4n) is 4.27. The van der Waals surface area contributed by atoms with E-state index in [1.165, 1.54) is 49.7 Å². The minimum atomic E-state index is 1.09. The first-order valence-electron chi connectivity index (χ1n) is 8.66. The molecule has 0 aliphatic heterocycles. The maximum Gasteiger partial charge on any atom is 0.297 e. The van der Waals surface area contributed by atoms with Crippen molar-refractivity contribution >= 4 is 38.5 Å². The van der Waals surface area contributed by atoms with E-state index in [0.717, 1.165) is 5.52 Å². The quantitative estimate of drug-likeness (QED) is 0.302. The average molecular weight is 326 g/mol. The zero-order valence-corrected chi connectivity index (χ0v) is 15.0. The molecule has 5 aromatic rings. The lowest BCUT2D eigenvalue weighted by Gasteiger charge is -2.08. The summed E-state index contributed by atoms with van der Waals surface area (Å²) in [5.74, 6) is 0. The Balaban J connectivity index is 2.32. The number of para-hydroxylation sites is 1. The van der Waals surface area contributed by atoms with Crippen LogP contribution in [0.2, 0.25) is 0 Å². The summed E-state index contributed by atoms with van der Waals surface area (Å²) in [6.45, 7) is 6.55. The van der Waals surface area contributed by atoms with Gasteiger partial charge in [0.1, 0.15) is 5.52 Å². The fourth-order valence-corrected chi connectivity index (χ4v) is 4.27. The van der Waals surface area contributed by atoms with Gasteiger partial charge in [0, 0.05) is 11.8 Å². The Morgan fingerprint density at radius 1 is 0.840 bits per heavy atom. The van der Waals surface area contributed by atoms with Crippen molar-refractivity contribution in [3.05, 3.63) is 65.4 Å². The molecule has 0 fully saturated rings. The fraction of sp³-hybridized carbons (Fsp3) is 0.182. The summed E-state index contributed by atoms with van der Waals surface area (Å²) >= 11 is 0. The van der Waals surface area contributed by atoms with Crippen LogP contribution < -0.4 is 4.57 Å². The van der Waals surface area contributed by atoms with E-state index in [0.29, 0.717) is 0 Å². The van der Waals surface area contributed by atoms with Crippen LogP contribution >= 0.6 is 0 Å². The van der Waals surface area contributed by atoms with E-state index < -0.39 is 0 Å². The molecule has 3 heteroatoms. The van der Waals surface area contributed by atoms with Crippen LogP contribution in [0.1, 0.15) is 16.7 Å². The first kappa shape index (κ1) is 14.4. The average Bonchev–Trinajstić information content (AvgIpc) is 2.90. The number of hydrogen-bond donors (Lipinski definition) is 0. The summed E-state index contributed by atoms with van der Waals surface area (Å²) < 4.78 is 4.73. The molecule has 0 saturated carbocycles. The largest absolute Gasteiger partial charge is 0.297 e. The highest BCUT2D eigenvalue weighted by atomic mass is 15.1. The molecule has 0 amide bonds. The van der Waals surface area contributed by atoms with Crippen LogP contribution in [-0.2, 0) is 7.05 Å². The number of fused-ring (bicyclic) bond motifs is 8. The number of aryl methyl sites for hydroxylation is 4. The topological polar surface area (TPSA) is 21.2 Å². The molecule has 0 bridgehead atoms. The van der Waals surface area contributed by atoms with Gasteiger partial charge < -0.3 is 0 Å². The number of benzene rings is 2. The van der Waals surface area contributed by atoms with Gasteiger partial charge in [-0.05, 0) is 50.1 Å². The molecule has 3 nitrogen and oxygen atoms in total. The van der Waals surface area contributed by atoms with Crippen molar-refractivity contribution in [2.45, 2.75) is 20.8 Å². The van der Waals surface area contributed by atoms with Crippen LogP contribution in [0, 0.1) is 20.8 Å². The molecule has 25 heavy (non-hydrogen) atoms. The van der Waals surface area contributed by atoms with Crippen LogP contribution in [0.4, 0.5) is 0 Å². The first-order valence-corrected chi connectivity index (χ1v) is 8.66. The van der Waals surface area contributed by atoms with Crippen molar-refractivity contribution in [1.29, 1.82) is 0 Å². The molecule has 2 aromatic carbocycles. The second-order valence-corrected chi connectivity index (χ2v) is 6.98. The monoisotopic (exact) mass is 326 g/mol. The van der Waals surface area contributed by atoms with Gasteiger partial charge in [-0.1, -0.05) is 24.3 Å².